The molecule has 0 bridgehead atoms. The van der Waals surface area contributed by atoms with Gasteiger partial charge in [-0.1, -0.05) is 42.3 Å². The lowest BCUT2D eigenvalue weighted by atomic mass is 10.0. The summed E-state index contributed by atoms with van der Waals surface area (Å²) < 4.78 is 0. The Labute approximate surface area is 107 Å². The first kappa shape index (κ1) is 13.8. The van der Waals surface area contributed by atoms with Gasteiger partial charge in [-0.15, -0.1) is 0 Å². The molecule has 0 fully saturated rings. The van der Waals surface area contributed by atoms with Crippen LogP contribution in [-0.2, 0) is 11.2 Å². The number of carbonyl (C=O) groups is 1. The van der Waals surface area contributed by atoms with Crippen molar-refractivity contribution >= 4 is 17.7 Å². The van der Waals surface area contributed by atoms with Crippen molar-refractivity contribution in [3.05, 3.63) is 47.2 Å². The SMILES string of the molecule is CNC(Cc1ccccc1)=C(CSN)C(C)=O. The van der Waals surface area contributed by atoms with E-state index in [1.54, 1.807) is 6.92 Å². The summed E-state index contributed by atoms with van der Waals surface area (Å²) in [5, 5.41) is 8.56. The maximum absolute atomic E-state index is 11.6. The standard InChI is InChI=1S/C13H18N2OS/c1-10(16)12(9-17-14)13(15-2)8-11-6-4-3-5-7-11/h3-7,15H,8-9,14H2,1-2H3. The molecule has 3 N–H and O–H groups in total. The van der Waals surface area contributed by atoms with Crippen LogP contribution in [0.2, 0.25) is 0 Å². The molecule has 0 aliphatic carbocycles. The fraction of sp³-hybridized carbons (Fsp3) is 0.308. The van der Waals surface area contributed by atoms with Crippen LogP contribution < -0.4 is 10.5 Å². The van der Waals surface area contributed by atoms with Gasteiger partial charge in [-0.05, 0) is 12.5 Å². The van der Waals surface area contributed by atoms with Gasteiger partial charge in [-0.3, -0.25) is 9.93 Å². The summed E-state index contributed by atoms with van der Waals surface area (Å²) in [6.07, 6.45) is 0.729. The Kier molecular flexibility index (Phi) is 5.80. The van der Waals surface area contributed by atoms with Gasteiger partial charge in [0.1, 0.15) is 0 Å². The van der Waals surface area contributed by atoms with Crippen molar-refractivity contribution in [1.82, 2.24) is 5.32 Å². The maximum atomic E-state index is 11.6. The van der Waals surface area contributed by atoms with Crippen LogP contribution in [-0.4, -0.2) is 18.6 Å². The van der Waals surface area contributed by atoms with Gasteiger partial charge in [0.25, 0.3) is 0 Å². The van der Waals surface area contributed by atoms with Gasteiger partial charge in [0.15, 0.2) is 5.78 Å². The molecule has 0 saturated carbocycles. The van der Waals surface area contributed by atoms with E-state index in [2.05, 4.69) is 5.32 Å². The zero-order valence-electron chi connectivity index (χ0n) is 10.2. The number of carbonyl (C=O) groups excluding carboxylic acids is 1. The van der Waals surface area contributed by atoms with E-state index in [0.717, 1.165) is 17.7 Å². The van der Waals surface area contributed by atoms with Crippen LogP contribution >= 0.6 is 11.9 Å². The Bertz CT molecular complexity index is 401. The van der Waals surface area contributed by atoms with Gasteiger partial charge in [0.05, 0.1) is 0 Å². The minimum absolute atomic E-state index is 0.0724. The summed E-state index contributed by atoms with van der Waals surface area (Å²) in [7, 11) is 1.84. The van der Waals surface area contributed by atoms with Crippen molar-refractivity contribution in [2.45, 2.75) is 13.3 Å². The fourth-order valence-electron chi connectivity index (χ4n) is 1.63. The topological polar surface area (TPSA) is 55.1 Å². The van der Waals surface area contributed by atoms with E-state index >= 15 is 0 Å². The Morgan fingerprint density at radius 1 is 1.35 bits per heavy atom. The van der Waals surface area contributed by atoms with Crippen molar-refractivity contribution in [2.24, 2.45) is 5.14 Å². The molecule has 1 aromatic carbocycles. The van der Waals surface area contributed by atoms with Gasteiger partial charge < -0.3 is 5.32 Å². The Morgan fingerprint density at radius 2 is 2.00 bits per heavy atom. The van der Waals surface area contributed by atoms with Crippen LogP contribution in [0.4, 0.5) is 0 Å². The van der Waals surface area contributed by atoms with Gasteiger partial charge in [-0.2, -0.15) is 0 Å². The van der Waals surface area contributed by atoms with Crippen molar-refractivity contribution in [3.63, 3.8) is 0 Å². The van der Waals surface area contributed by atoms with E-state index in [0.29, 0.717) is 5.75 Å². The third kappa shape index (κ3) is 4.24. The molecule has 0 unspecified atom stereocenters. The van der Waals surface area contributed by atoms with E-state index in [9.17, 15) is 4.79 Å². The highest BCUT2D eigenvalue weighted by Crippen LogP contribution is 2.13. The Morgan fingerprint density at radius 3 is 2.47 bits per heavy atom. The van der Waals surface area contributed by atoms with E-state index in [4.69, 9.17) is 5.14 Å². The first-order valence-corrected chi connectivity index (χ1v) is 6.50. The number of rotatable bonds is 6. The molecule has 0 aromatic heterocycles. The second-order valence-corrected chi connectivity index (χ2v) is 4.36. The number of hydrogen-bond donors (Lipinski definition) is 2. The highest BCUT2D eigenvalue weighted by Gasteiger charge is 2.10. The summed E-state index contributed by atoms with van der Waals surface area (Å²) in [6, 6.07) is 10.1. The molecule has 1 rings (SSSR count). The zero-order valence-corrected chi connectivity index (χ0v) is 11.0. The largest absolute Gasteiger partial charge is 0.391 e. The predicted molar refractivity (Wildman–Crippen MR) is 73.6 cm³/mol. The Hall–Kier alpha value is -1.26. The van der Waals surface area contributed by atoms with E-state index in [1.807, 2.05) is 37.4 Å². The second-order valence-electron chi connectivity index (χ2n) is 3.74. The number of nitrogens with two attached hydrogens (primary N) is 1. The number of likely N-dealkylation sites (N-methyl/N-ethyl adjacent to an activating group) is 1. The lowest BCUT2D eigenvalue weighted by molar-refractivity contribution is -0.113. The second kappa shape index (κ2) is 7.14. The number of Topliss-reactive ketones (excluding diaryl/α,β-unsaturated/α-hetero) is 1. The smallest absolute Gasteiger partial charge is 0.158 e. The van der Waals surface area contributed by atoms with Crippen LogP contribution in [0.25, 0.3) is 0 Å². The van der Waals surface area contributed by atoms with E-state index in [-0.39, 0.29) is 5.78 Å². The molecule has 0 aliphatic rings. The van der Waals surface area contributed by atoms with Crippen LogP contribution in [0.3, 0.4) is 0 Å². The van der Waals surface area contributed by atoms with Crippen LogP contribution in [0.1, 0.15) is 12.5 Å². The average molecular weight is 250 g/mol. The number of ketones is 1. The molecule has 0 saturated heterocycles. The van der Waals surface area contributed by atoms with Crippen LogP contribution in [0.5, 0.6) is 0 Å². The highest BCUT2D eigenvalue weighted by atomic mass is 32.2. The summed E-state index contributed by atoms with van der Waals surface area (Å²) in [5.41, 5.74) is 2.89. The summed E-state index contributed by atoms with van der Waals surface area (Å²) in [4.78, 5) is 11.6. The van der Waals surface area contributed by atoms with E-state index in [1.165, 1.54) is 17.5 Å². The van der Waals surface area contributed by atoms with Gasteiger partial charge in [0.2, 0.25) is 0 Å². The molecular formula is C13H18N2OS. The summed E-state index contributed by atoms with van der Waals surface area (Å²) in [5.74, 6) is 0.612. The molecule has 0 radical (unpaired) electrons. The quantitative estimate of drug-likeness (QED) is 0.598. The van der Waals surface area contributed by atoms with Crippen molar-refractivity contribution in [1.29, 1.82) is 0 Å². The molecular weight excluding hydrogens is 232 g/mol. The summed E-state index contributed by atoms with van der Waals surface area (Å²) >= 11 is 1.17. The monoisotopic (exact) mass is 250 g/mol. The first-order valence-electron chi connectivity index (χ1n) is 5.45. The lowest BCUT2D eigenvalue weighted by Gasteiger charge is -2.12. The van der Waals surface area contributed by atoms with Gasteiger partial charge in [0, 0.05) is 30.5 Å². The number of hydrogen-bond acceptors (Lipinski definition) is 4. The van der Waals surface area contributed by atoms with Crippen LogP contribution in [0.15, 0.2) is 41.6 Å². The molecule has 92 valence electrons. The van der Waals surface area contributed by atoms with Gasteiger partial charge >= 0.3 is 0 Å². The van der Waals surface area contributed by atoms with Gasteiger partial charge in [-0.25, -0.2) is 0 Å². The van der Waals surface area contributed by atoms with Crippen molar-refractivity contribution in [3.8, 4) is 0 Å². The highest BCUT2D eigenvalue weighted by molar-refractivity contribution is 7.97. The molecule has 0 amide bonds. The maximum Gasteiger partial charge on any atom is 0.158 e. The zero-order chi connectivity index (χ0) is 12.7. The third-order valence-electron chi connectivity index (χ3n) is 2.54. The fourth-order valence-corrected chi connectivity index (χ4v) is 2.17. The number of allylic oxidation sites excluding steroid dienone is 1. The lowest BCUT2D eigenvalue weighted by Crippen LogP contribution is -2.17. The molecule has 1 aromatic rings. The molecule has 0 atom stereocenters. The van der Waals surface area contributed by atoms with Crippen molar-refractivity contribution < 1.29 is 4.79 Å². The van der Waals surface area contributed by atoms with E-state index < -0.39 is 0 Å². The predicted octanol–water partition coefficient (Wildman–Crippen LogP) is 1.90. The first-order chi connectivity index (χ1) is 8.19. The third-order valence-corrected chi connectivity index (χ3v) is 3.00. The normalized spacial score (nSPS) is 11.9. The molecule has 0 aliphatic heterocycles. The average Bonchev–Trinajstić information content (AvgIpc) is 2.34. The number of nitrogens with one attached hydrogen (secondary N) is 1. The molecule has 3 nitrogen and oxygen atoms in total. The number of benzene rings is 1. The minimum Gasteiger partial charge on any atom is -0.391 e. The Balaban J connectivity index is 2.95. The minimum atomic E-state index is 0.0724. The van der Waals surface area contributed by atoms with Crippen LogP contribution in [0, 0.1) is 0 Å². The molecule has 0 heterocycles. The van der Waals surface area contributed by atoms with Crippen molar-refractivity contribution in [2.75, 3.05) is 12.8 Å². The molecule has 0 spiro atoms. The molecule has 17 heavy (non-hydrogen) atoms. The molecule has 4 heteroatoms. The summed E-state index contributed by atoms with van der Waals surface area (Å²) in [6.45, 7) is 1.58.